The van der Waals surface area contributed by atoms with Crippen LogP contribution in [0.2, 0.25) is 0 Å². The lowest BCUT2D eigenvalue weighted by Gasteiger charge is -2.08. The summed E-state index contributed by atoms with van der Waals surface area (Å²) >= 11 is 3.33. The maximum Gasteiger partial charge on any atom is 0.259 e. The average molecular weight is 307 g/mol. The highest BCUT2D eigenvalue weighted by Gasteiger charge is 2.12. The molecule has 18 heavy (non-hydrogen) atoms. The number of nitrogens with two attached hydrogens (primary N) is 1. The molecule has 0 aromatic heterocycles. The minimum Gasteiger partial charge on any atom is -0.507 e. The van der Waals surface area contributed by atoms with Crippen LogP contribution in [-0.2, 0) is 0 Å². The summed E-state index contributed by atoms with van der Waals surface area (Å²) in [6, 6.07) is 11.6. The van der Waals surface area contributed by atoms with Crippen molar-refractivity contribution in [3.05, 3.63) is 52.5 Å². The summed E-state index contributed by atoms with van der Waals surface area (Å²) in [7, 11) is 0. The van der Waals surface area contributed by atoms with Crippen LogP contribution in [0.15, 0.2) is 46.9 Å². The summed E-state index contributed by atoms with van der Waals surface area (Å²) < 4.78 is 0.772. The summed E-state index contributed by atoms with van der Waals surface area (Å²) in [6.07, 6.45) is 0. The number of para-hydroxylation sites is 1. The molecule has 0 heterocycles. The molecule has 4 nitrogen and oxygen atoms in total. The molecule has 0 saturated heterocycles. The summed E-state index contributed by atoms with van der Waals surface area (Å²) in [5.41, 5.74) is 6.73. The van der Waals surface area contributed by atoms with E-state index in [1.807, 2.05) is 18.2 Å². The van der Waals surface area contributed by atoms with Gasteiger partial charge < -0.3 is 16.2 Å². The summed E-state index contributed by atoms with van der Waals surface area (Å²) in [6.45, 7) is 0. The second-order valence-corrected chi connectivity index (χ2v) is 4.56. The molecule has 0 aliphatic rings. The van der Waals surface area contributed by atoms with Crippen LogP contribution in [0.5, 0.6) is 5.75 Å². The molecule has 0 aliphatic heterocycles. The number of benzene rings is 2. The molecule has 0 unspecified atom stereocenters. The summed E-state index contributed by atoms with van der Waals surface area (Å²) in [4.78, 5) is 12.0. The standard InChI is InChI=1S/C13H11BrN2O2/c14-10-3-1-2-4-11(10)16-13(18)9-6-5-8(15)7-12(9)17/h1-7,17H,15H2,(H,16,18). The molecule has 2 aromatic carbocycles. The molecular weight excluding hydrogens is 296 g/mol. The number of hydrogen-bond acceptors (Lipinski definition) is 3. The van der Waals surface area contributed by atoms with Gasteiger partial charge in [-0.25, -0.2) is 0 Å². The first-order valence-corrected chi connectivity index (χ1v) is 6.01. The fourth-order valence-corrected chi connectivity index (χ4v) is 1.88. The molecule has 2 rings (SSSR count). The lowest BCUT2D eigenvalue weighted by atomic mass is 10.1. The molecule has 0 saturated carbocycles. The van der Waals surface area contributed by atoms with E-state index >= 15 is 0 Å². The van der Waals surface area contributed by atoms with Crippen LogP contribution in [-0.4, -0.2) is 11.0 Å². The Labute approximate surface area is 113 Å². The Morgan fingerprint density at radius 1 is 1.22 bits per heavy atom. The summed E-state index contributed by atoms with van der Waals surface area (Å²) in [5, 5.41) is 12.4. The van der Waals surface area contributed by atoms with E-state index in [1.54, 1.807) is 12.1 Å². The van der Waals surface area contributed by atoms with Crippen molar-refractivity contribution in [1.82, 2.24) is 0 Å². The minimum atomic E-state index is -0.389. The van der Waals surface area contributed by atoms with Crippen LogP contribution < -0.4 is 11.1 Å². The van der Waals surface area contributed by atoms with Crippen LogP contribution >= 0.6 is 15.9 Å². The third-order valence-corrected chi connectivity index (χ3v) is 3.08. The minimum absolute atomic E-state index is 0.139. The van der Waals surface area contributed by atoms with E-state index < -0.39 is 0 Å². The van der Waals surface area contributed by atoms with Gasteiger partial charge in [0.1, 0.15) is 5.75 Å². The van der Waals surface area contributed by atoms with E-state index in [1.165, 1.54) is 12.1 Å². The number of halogens is 1. The average Bonchev–Trinajstić information content (AvgIpc) is 2.32. The van der Waals surface area contributed by atoms with Crippen molar-refractivity contribution in [3.63, 3.8) is 0 Å². The first-order chi connectivity index (χ1) is 8.58. The van der Waals surface area contributed by atoms with Crippen LogP contribution in [0.3, 0.4) is 0 Å². The maximum absolute atomic E-state index is 12.0. The van der Waals surface area contributed by atoms with Crippen molar-refractivity contribution in [2.24, 2.45) is 0 Å². The van der Waals surface area contributed by atoms with Crippen molar-refractivity contribution in [1.29, 1.82) is 0 Å². The zero-order valence-electron chi connectivity index (χ0n) is 9.35. The Bertz CT molecular complexity index is 599. The highest BCUT2D eigenvalue weighted by Crippen LogP contribution is 2.24. The number of carbonyl (C=O) groups is 1. The number of carbonyl (C=O) groups excluding carboxylic acids is 1. The van der Waals surface area contributed by atoms with E-state index in [0.717, 1.165) is 4.47 Å². The number of aromatic hydroxyl groups is 1. The number of rotatable bonds is 2. The second kappa shape index (κ2) is 5.10. The highest BCUT2D eigenvalue weighted by molar-refractivity contribution is 9.10. The molecule has 0 bridgehead atoms. The second-order valence-electron chi connectivity index (χ2n) is 3.71. The number of anilines is 2. The maximum atomic E-state index is 12.0. The smallest absolute Gasteiger partial charge is 0.259 e. The van der Waals surface area contributed by atoms with Crippen LogP contribution in [0.1, 0.15) is 10.4 Å². The van der Waals surface area contributed by atoms with Gasteiger partial charge in [-0.2, -0.15) is 0 Å². The molecule has 1 amide bonds. The number of nitrogen functional groups attached to an aromatic ring is 1. The van der Waals surface area contributed by atoms with Gasteiger partial charge in [-0.15, -0.1) is 0 Å². The monoisotopic (exact) mass is 306 g/mol. The van der Waals surface area contributed by atoms with Gasteiger partial charge in [0.2, 0.25) is 0 Å². The molecule has 92 valence electrons. The number of nitrogens with one attached hydrogen (secondary N) is 1. The topological polar surface area (TPSA) is 75.4 Å². The zero-order chi connectivity index (χ0) is 13.1. The molecule has 2 aromatic rings. The quantitative estimate of drug-likeness (QED) is 0.747. The first kappa shape index (κ1) is 12.4. The van der Waals surface area contributed by atoms with Gasteiger partial charge in [0, 0.05) is 16.2 Å². The molecule has 0 fully saturated rings. The van der Waals surface area contributed by atoms with Crippen molar-refractivity contribution in [2.75, 3.05) is 11.1 Å². The van der Waals surface area contributed by atoms with E-state index in [0.29, 0.717) is 11.4 Å². The van der Waals surface area contributed by atoms with E-state index in [2.05, 4.69) is 21.2 Å². The van der Waals surface area contributed by atoms with Crippen LogP contribution in [0.25, 0.3) is 0 Å². The molecule has 0 spiro atoms. The lowest BCUT2D eigenvalue weighted by molar-refractivity contribution is 0.102. The highest BCUT2D eigenvalue weighted by atomic mass is 79.9. The van der Waals surface area contributed by atoms with E-state index in [-0.39, 0.29) is 17.2 Å². The SMILES string of the molecule is Nc1ccc(C(=O)Nc2ccccc2Br)c(O)c1. The molecule has 4 N–H and O–H groups in total. The number of phenolic OH excluding ortho intramolecular Hbond substituents is 1. The first-order valence-electron chi connectivity index (χ1n) is 5.22. The van der Waals surface area contributed by atoms with Gasteiger partial charge >= 0.3 is 0 Å². The predicted octanol–water partition coefficient (Wildman–Crippen LogP) is 2.99. The molecular formula is C13H11BrN2O2. The van der Waals surface area contributed by atoms with Gasteiger partial charge in [-0.3, -0.25) is 4.79 Å². The zero-order valence-corrected chi connectivity index (χ0v) is 10.9. The molecule has 0 atom stereocenters. The third kappa shape index (κ3) is 2.62. The Morgan fingerprint density at radius 2 is 1.94 bits per heavy atom. The Balaban J connectivity index is 2.25. The van der Waals surface area contributed by atoms with Crippen molar-refractivity contribution in [2.45, 2.75) is 0 Å². The van der Waals surface area contributed by atoms with Gasteiger partial charge in [0.05, 0.1) is 11.3 Å². The lowest BCUT2D eigenvalue weighted by Crippen LogP contribution is -2.12. The van der Waals surface area contributed by atoms with E-state index in [4.69, 9.17) is 5.73 Å². The fraction of sp³-hybridized carbons (Fsp3) is 0. The third-order valence-electron chi connectivity index (χ3n) is 2.39. The largest absolute Gasteiger partial charge is 0.507 e. The number of hydrogen-bond donors (Lipinski definition) is 3. The predicted molar refractivity (Wildman–Crippen MR) is 74.6 cm³/mol. The summed E-state index contributed by atoms with van der Waals surface area (Å²) in [5.74, 6) is -0.529. The van der Waals surface area contributed by atoms with E-state index in [9.17, 15) is 9.90 Å². The van der Waals surface area contributed by atoms with Gasteiger partial charge in [-0.1, -0.05) is 12.1 Å². The number of amides is 1. The number of phenols is 1. The van der Waals surface area contributed by atoms with Crippen molar-refractivity contribution >= 4 is 33.2 Å². The Morgan fingerprint density at radius 3 is 2.61 bits per heavy atom. The van der Waals surface area contributed by atoms with Crippen LogP contribution in [0.4, 0.5) is 11.4 Å². The van der Waals surface area contributed by atoms with Gasteiger partial charge in [-0.05, 0) is 40.2 Å². The molecule has 0 radical (unpaired) electrons. The van der Waals surface area contributed by atoms with Gasteiger partial charge in [0.15, 0.2) is 0 Å². The molecule has 5 heteroatoms. The molecule has 0 aliphatic carbocycles. The van der Waals surface area contributed by atoms with Crippen molar-refractivity contribution in [3.8, 4) is 5.75 Å². The van der Waals surface area contributed by atoms with Crippen molar-refractivity contribution < 1.29 is 9.90 Å². The van der Waals surface area contributed by atoms with Gasteiger partial charge in [0.25, 0.3) is 5.91 Å². The fourth-order valence-electron chi connectivity index (χ4n) is 1.49. The van der Waals surface area contributed by atoms with Crippen LogP contribution in [0, 0.1) is 0 Å². The Kier molecular flexibility index (Phi) is 3.53. The Hall–Kier alpha value is -2.01. The normalized spacial score (nSPS) is 10.1.